The number of carbonyl (C=O) groups excluding carboxylic acids is 1. The van der Waals surface area contributed by atoms with Crippen LogP contribution in [0.2, 0.25) is 10.0 Å². The summed E-state index contributed by atoms with van der Waals surface area (Å²) in [5.74, 6) is 0.569. The van der Waals surface area contributed by atoms with Crippen LogP contribution in [-0.4, -0.2) is 16.0 Å². The molecule has 2 aromatic heterocycles. The molecule has 8 heteroatoms. The van der Waals surface area contributed by atoms with E-state index in [1.807, 2.05) is 0 Å². The molecule has 2 heterocycles. The summed E-state index contributed by atoms with van der Waals surface area (Å²) in [5.41, 5.74) is 1.58. The summed E-state index contributed by atoms with van der Waals surface area (Å²) in [6.07, 6.45) is 1.53. The Morgan fingerprint density at radius 2 is 2.00 bits per heavy atom. The molecule has 122 valence electrons. The summed E-state index contributed by atoms with van der Waals surface area (Å²) in [4.78, 5) is 16.2. The van der Waals surface area contributed by atoms with Crippen molar-refractivity contribution in [2.45, 2.75) is 6.92 Å². The molecule has 0 radical (unpaired) electrons. The van der Waals surface area contributed by atoms with Crippen molar-refractivity contribution < 1.29 is 9.32 Å². The first-order valence-corrected chi connectivity index (χ1v) is 7.69. The highest BCUT2D eigenvalue weighted by atomic mass is 35.5. The molecule has 0 spiro atoms. The van der Waals surface area contributed by atoms with Gasteiger partial charge in [0.2, 0.25) is 0 Å². The Balaban J connectivity index is 1.71. The van der Waals surface area contributed by atoms with Crippen molar-refractivity contribution in [2.24, 2.45) is 0 Å². The quantitative estimate of drug-likeness (QED) is 0.704. The highest BCUT2D eigenvalue weighted by Crippen LogP contribution is 2.28. The van der Waals surface area contributed by atoms with Gasteiger partial charge in [-0.3, -0.25) is 4.79 Å². The lowest BCUT2D eigenvalue weighted by Crippen LogP contribution is -2.13. The Bertz CT molecular complexity index is 878. The number of nitrogens with zero attached hydrogens (tertiary/aromatic N) is 2. The second-order valence-corrected chi connectivity index (χ2v) is 5.80. The number of hydrogen-bond donors (Lipinski definition) is 2. The van der Waals surface area contributed by atoms with Crippen LogP contribution in [0, 0.1) is 6.92 Å². The largest absolute Gasteiger partial charge is 0.360 e. The molecule has 3 rings (SSSR count). The highest BCUT2D eigenvalue weighted by Gasteiger charge is 2.10. The maximum absolute atomic E-state index is 12.1. The molecule has 24 heavy (non-hydrogen) atoms. The Hall–Kier alpha value is -2.57. The van der Waals surface area contributed by atoms with Gasteiger partial charge in [-0.1, -0.05) is 28.4 Å². The summed E-state index contributed by atoms with van der Waals surface area (Å²) in [5, 5.41) is 10.5. The molecule has 1 aromatic carbocycles. The number of nitrogens with one attached hydrogen (secondary N) is 2. The Labute approximate surface area is 147 Å². The van der Waals surface area contributed by atoms with E-state index >= 15 is 0 Å². The summed E-state index contributed by atoms with van der Waals surface area (Å²) in [6.45, 7) is 1.74. The van der Waals surface area contributed by atoms with E-state index in [-0.39, 0.29) is 11.6 Å². The molecule has 0 fully saturated rings. The summed E-state index contributed by atoms with van der Waals surface area (Å²) >= 11 is 12.0. The fourth-order valence-corrected chi connectivity index (χ4v) is 2.29. The number of anilines is 3. The SMILES string of the molecule is Cc1cc(NC(=O)c2ccc(Nc3cc(Cl)ccc3Cl)cn2)no1. The molecule has 0 unspecified atom stereocenters. The van der Waals surface area contributed by atoms with Crippen LogP contribution in [0.5, 0.6) is 0 Å². The van der Waals surface area contributed by atoms with E-state index in [1.165, 1.54) is 6.20 Å². The molecule has 0 aliphatic heterocycles. The lowest BCUT2D eigenvalue weighted by Gasteiger charge is -2.09. The number of carbonyl (C=O) groups is 1. The molecule has 3 aromatic rings. The lowest BCUT2D eigenvalue weighted by molar-refractivity contribution is 0.102. The highest BCUT2D eigenvalue weighted by molar-refractivity contribution is 6.35. The number of rotatable bonds is 4. The van der Waals surface area contributed by atoms with Gasteiger partial charge in [-0.2, -0.15) is 0 Å². The van der Waals surface area contributed by atoms with Gasteiger partial charge >= 0.3 is 0 Å². The van der Waals surface area contributed by atoms with Crippen molar-refractivity contribution in [1.82, 2.24) is 10.1 Å². The summed E-state index contributed by atoms with van der Waals surface area (Å²) in [6, 6.07) is 10.0. The van der Waals surface area contributed by atoms with Crippen molar-refractivity contribution in [3.05, 3.63) is 64.1 Å². The first-order valence-electron chi connectivity index (χ1n) is 6.94. The third kappa shape index (κ3) is 3.84. The van der Waals surface area contributed by atoms with Gasteiger partial charge in [0.25, 0.3) is 5.91 Å². The second-order valence-electron chi connectivity index (χ2n) is 4.96. The second kappa shape index (κ2) is 6.90. The van der Waals surface area contributed by atoms with Crippen LogP contribution in [0.15, 0.2) is 47.1 Å². The van der Waals surface area contributed by atoms with Gasteiger partial charge in [0.1, 0.15) is 11.5 Å². The van der Waals surface area contributed by atoms with E-state index in [0.29, 0.717) is 33.0 Å². The van der Waals surface area contributed by atoms with Gasteiger partial charge in [-0.15, -0.1) is 0 Å². The monoisotopic (exact) mass is 362 g/mol. The first-order chi connectivity index (χ1) is 11.5. The Kier molecular flexibility index (Phi) is 4.69. The van der Waals surface area contributed by atoms with Gasteiger partial charge in [0.15, 0.2) is 5.82 Å². The molecular formula is C16H12Cl2N4O2. The molecule has 1 amide bonds. The smallest absolute Gasteiger partial charge is 0.275 e. The fourth-order valence-electron chi connectivity index (χ4n) is 1.96. The number of hydrogen-bond acceptors (Lipinski definition) is 5. The van der Waals surface area contributed by atoms with Crippen molar-refractivity contribution in [2.75, 3.05) is 10.6 Å². The van der Waals surface area contributed by atoms with Crippen molar-refractivity contribution >= 4 is 46.3 Å². The molecule has 0 atom stereocenters. The molecule has 6 nitrogen and oxygen atoms in total. The van der Waals surface area contributed by atoms with Crippen LogP contribution >= 0.6 is 23.2 Å². The molecule has 2 N–H and O–H groups in total. The van der Waals surface area contributed by atoms with Gasteiger partial charge in [-0.05, 0) is 37.3 Å². The number of pyridine rings is 1. The van der Waals surface area contributed by atoms with Crippen molar-refractivity contribution in [3.63, 3.8) is 0 Å². The van der Waals surface area contributed by atoms with Crippen LogP contribution in [0.4, 0.5) is 17.2 Å². The van der Waals surface area contributed by atoms with Crippen LogP contribution in [0.3, 0.4) is 0 Å². The average molecular weight is 363 g/mol. The van der Waals surface area contributed by atoms with E-state index < -0.39 is 0 Å². The first kappa shape index (κ1) is 16.3. The normalized spacial score (nSPS) is 10.5. The van der Waals surface area contributed by atoms with Crippen molar-refractivity contribution in [3.8, 4) is 0 Å². The number of amides is 1. The lowest BCUT2D eigenvalue weighted by atomic mass is 10.2. The van der Waals surface area contributed by atoms with E-state index in [0.717, 1.165) is 0 Å². The van der Waals surface area contributed by atoms with Gasteiger partial charge in [0.05, 0.1) is 22.6 Å². The maximum Gasteiger partial charge on any atom is 0.275 e. The van der Waals surface area contributed by atoms with E-state index in [1.54, 1.807) is 43.3 Å². The average Bonchev–Trinajstić information content (AvgIpc) is 2.96. The Morgan fingerprint density at radius 1 is 1.17 bits per heavy atom. The molecule has 0 saturated carbocycles. The summed E-state index contributed by atoms with van der Waals surface area (Å²) in [7, 11) is 0. The topological polar surface area (TPSA) is 80.0 Å². The van der Waals surface area contributed by atoms with Crippen LogP contribution < -0.4 is 10.6 Å². The molecule has 0 aliphatic rings. The predicted molar refractivity (Wildman–Crippen MR) is 93.2 cm³/mol. The molecular weight excluding hydrogens is 351 g/mol. The zero-order valence-electron chi connectivity index (χ0n) is 12.5. The van der Waals surface area contributed by atoms with Gasteiger partial charge in [0, 0.05) is 11.1 Å². The molecule has 0 bridgehead atoms. The minimum Gasteiger partial charge on any atom is -0.360 e. The standard InChI is InChI=1S/C16H12Cl2N4O2/c1-9-6-15(22-24-9)21-16(23)13-5-3-11(8-19-13)20-14-7-10(17)2-4-12(14)18/h2-8,20H,1H3,(H,21,22,23). The number of halogens is 2. The minimum atomic E-state index is -0.379. The number of aryl methyl sites for hydroxylation is 1. The third-order valence-corrected chi connectivity index (χ3v) is 3.64. The predicted octanol–water partition coefficient (Wildman–Crippen LogP) is 4.68. The van der Waals surface area contributed by atoms with E-state index in [2.05, 4.69) is 20.8 Å². The minimum absolute atomic E-state index is 0.249. The number of aromatic nitrogens is 2. The maximum atomic E-state index is 12.1. The summed E-state index contributed by atoms with van der Waals surface area (Å²) < 4.78 is 4.89. The molecule has 0 aliphatic carbocycles. The number of benzene rings is 1. The van der Waals surface area contributed by atoms with Crippen molar-refractivity contribution in [1.29, 1.82) is 0 Å². The molecule has 0 saturated heterocycles. The van der Waals surface area contributed by atoms with Crippen LogP contribution in [0.1, 0.15) is 16.2 Å². The Morgan fingerprint density at radius 3 is 2.67 bits per heavy atom. The van der Waals surface area contributed by atoms with E-state index in [9.17, 15) is 4.79 Å². The fraction of sp³-hybridized carbons (Fsp3) is 0.0625. The van der Waals surface area contributed by atoms with E-state index in [4.69, 9.17) is 27.7 Å². The zero-order chi connectivity index (χ0) is 17.1. The third-order valence-electron chi connectivity index (χ3n) is 3.07. The van der Waals surface area contributed by atoms with Gasteiger partial charge < -0.3 is 15.2 Å². The van der Waals surface area contributed by atoms with Crippen LogP contribution in [-0.2, 0) is 0 Å². The van der Waals surface area contributed by atoms with Gasteiger partial charge in [-0.25, -0.2) is 4.98 Å². The van der Waals surface area contributed by atoms with Crippen LogP contribution in [0.25, 0.3) is 0 Å². The zero-order valence-corrected chi connectivity index (χ0v) is 14.0.